The van der Waals surface area contributed by atoms with E-state index in [-0.39, 0.29) is 5.91 Å². The smallest absolute Gasteiger partial charge is 0.254 e. The number of hydrogen-bond acceptors (Lipinski definition) is 4. The lowest BCUT2D eigenvalue weighted by atomic mass is 9.90. The summed E-state index contributed by atoms with van der Waals surface area (Å²) in [7, 11) is 1.89. The Hall–Kier alpha value is -2.99. The predicted molar refractivity (Wildman–Crippen MR) is 125 cm³/mol. The number of carbonyl (C=O) groups excluding carboxylic acids is 1. The molecule has 0 spiro atoms. The number of nitrogens with zero attached hydrogens (tertiary/aromatic N) is 4. The van der Waals surface area contributed by atoms with E-state index in [1.165, 1.54) is 5.56 Å². The van der Waals surface area contributed by atoms with Gasteiger partial charge < -0.3 is 4.90 Å². The molecule has 0 radical (unpaired) electrons. The first-order chi connectivity index (χ1) is 15.1. The molecule has 0 unspecified atom stereocenters. The van der Waals surface area contributed by atoms with Gasteiger partial charge in [0.05, 0.1) is 27.2 Å². The number of aryl methyl sites for hydroxylation is 2. The Labute approximate surface area is 186 Å². The average molecular weight is 431 g/mol. The summed E-state index contributed by atoms with van der Waals surface area (Å²) in [5.41, 5.74) is 4.57. The summed E-state index contributed by atoms with van der Waals surface area (Å²) in [6.45, 7) is 3.55. The number of fused-ring (bicyclic) bond motifs is 1. The SMILES string of the molecule is Cc1nn(C)c2nc(-c3cccs3)cc(C(=O)N3CCC(Cc4ccccc4)CC3)c12. The van der Waals surface area contributed by atoms with Crippen molar-refractivity contribution < 1.29 is 4.79 Å². The Kier molecular flexibility index (Phi) is 5.32. The Morgan fingerprint density at radius 1 is 1.13 bits per heavy atom. The Morgan fingerprint density at radius 3 is 2.61 bits per heavy atom. The van der Waals surface area contributed by atoms with E-state index in [9.17, 15) is 4.79 Å². The predicted octanol–water partition coefficient (Wildman–Crippen LogP) is 5.10. The van der Waals surface area contributed by atoms with Crippen molar-refractivity contribution in [3.05, 3.63) is 70.7 Å². The molecule has 1 aliphatic rings. The van der Waals surface area contributed by atoms with Crippen molar-refractivity contribution in [3.63, 3.8) is 0 Å². The highest BCUT2D eigenvalue weighted by Gasteiger charge is 2.27. The minimum Gasteiger partial charge on any atom is -0.339 e. The van der Waals surface area contributed by atoms with Crippen molar-refractivity contribution in [2.75, 3.05) is 13.1 Å². The van der Waals surface area contributed by atoms with Gasteiger partial charge in [-0.15, -0.1) is 11.3 Å². The maximum Gasteiger partial charge on any atom is 0.254 e. The van der Waals surface area contributed by atoms with Gasteiger partial charge in [-0.05, 0) is 55.2 Å². The summed E-state index contributed by atoms with van der Waals surface area (Å²) in [5.74, 6) is 0.727. The number of carbonyl (C=O) groups is 1. The number of pyridine rings is 1. The van der Waals surface area contributed by atoms with Crippen LogP contribution in [0.1, 0.15) is 34.5 Å². The second-order valence-corrected chi connectivity index (χ2v) is 9.31. The van der Waals surface area contributed by atoms with Crippen LogP contribution in [-0.2, 0) is 13.5 Å². The molecule has 1 amide bonds. The fourth-order valence-electron chi connectivity index (χ4n) is 4.62. The van der Waals surface area contributed by atoms with Crippen LogP contribution in [0.3, 0.4) is 0 Å². The molecule has 6 heteroatoms. The zero-order chi connectivity index (χ0) is 21.4. The molecule has 5 nitrogen and oxygen atoms in total. The number of likely N-dealkylation sites (tertiary alicyclic amines) is 1. The summed E-state index contributed by atoms with van der Waals surface area (Å²) >= 11 is 1.64. The van der Waals surface area contributed by atoms with Gasteiger partial charge in [0.25, 0.3) is 5.91 Å². The van der Waals surface area contributed by atoms with Gasteiger partial charge in [0.2, 0.25) is 0 Å². The third-order valence-electron chi connectivity index (χ3n) is 6.24. The van der Waals surface area contributed by atoms with Gasteiger partial charge in [0, 0.05) is 20.1 Å². The molecule has 158 valence electrons. The molecule has 0 saturated carbocycles. The van der Waals surface area contributed by atoms with E-state index in [0.29, 0.717) is 5.92 Å². The molecule has 1 aliphatic heterocycles. The van der Waals surface area contributed by atoms with E-state index in [0.717, 1.165) is 65.2 Å². The van der Waals surface area contributed by atoms with Gasteiger partial charge in [-0.3, -0.25) is 9.48 Å². The Bertz CT molecular complexity index is 1210. The van der Waals surface area contributed by atoms with Crippen molar-refractivity contribution in [1.29, 1.82) is 0 Å². The molecular weight excluding hydrogens is 404 g/mol. The standard InChI is InChI=1S/C25H26N4OS/c1-17-23-20(16-21(22-9-6-14-31-22)26-24(23)28(2)27-17)25(30)29-12-10-19(11-13-29)15-18-7-4-3-5-8-18/h3-9,14,16,19H,10-13,15H2,1-2H3. The van der Waals surface area contributed by atoms with Crippen LogP contribution in [0.5, 0.6) is 0 Å². The molecule has 0 bridgehead atoms. The summed E-state index contributed by atoms with van der Waals surface area (Å²) in [5, 5.41) is 7.46. The van der Waals surface area contributed by atoms with Crippen molar-refractivity contribution in [2.45, 2.75) is 26.2 Å². The second-order valence-electron chi connectivity index (χ2n) is 8.37. The van der Waals surface area contributed by atoms with Gasteiger partial charge in [0.15, 0.2) is 5.65 Å². The fraction of sp³-hybridized carbons (Fsp3) is 0.320. The Morgan fingerprint density at radius 2 is 1.90 bits per heavy atom. The Balaban J connectivity index is 1.41. The zero-order valence-corrected chi connectivity index (χ0v) is 18.7. The van der Waals surface area contributed by atoms with Crippen LogP contribution in [0.15, 0.2) is 53.9 Å². The highest BCUT2D eigenvalue weighted by molar-refractivity contribution is 7.13. The normalized spacial score (nSPS) is 15.0. The van der Waals surface area contributed by atoms with E-state index in [2.05, 4.69) is 35.4 Å². The first-order valence-electron chi connectivity index (χ1n) is 10.8. The highest BCUT2D eigenvalue weighted by Crippen LogP contribution is 2.31. The third-order valence-corrected chi connectivity index (χ3v) is 7.13. The largest absolute Gasteiger partial charge is 0.339 e. The molecule has 3 aromatic heterocycles. The molecule has 0 atom stereocenters. The topological polar surface area (TPSA) is 51.0 Å². The number of aromatic nitrogens is 3. The molecule has 4 heterocycles. The quantitative estimate of drug-likeness (QED) is 0.453. The van der Waals surface area contributed by atoms with Crippen LogP contribution in [0.2, 0.25) is 0 Å². The van der Waals surface area contributed by atoms with E-state index in [1.54, 1.807) is 16.0 Å². The molecule has 5 rings (SSSR count). The van der Waals surface area contributed by atoms with Gasteiger partial charge in [-0.1, -0.05) is 36.4 Å². The number of amides is 1. The van der Waals surface area contributed by atoms with E-state index in [1.807, 2.05) is 42.5 Å². The molecular formula is C25H26N4OS. The second kappa shape index (κ2) is 8.27. The molecule has 0 aliphatic carbocycles. The van der Waals surface area contributed by atoms with Gasteiger partial charge in [0.1, 0.15) is 0 Å². The van der Waals surface area contributed by atoms with Gasteiger partial charge >= 0.3 is 0 Å². The monoisotopic (exact) mass is 430 g/mol. The number of hydrogen-bond donors (Lipinski definition) is 0. The van der Waals surface area contributed by atoms with Crippen molar-refractivity contribution in [2.24, 2.45) is 13.0 Å². The lowest BCUT2D eigenvalue weighted by molar-refractivity contribution is 0.0692. The third kappa shape index (κ3) is 3.88. The van der Waals surface area contributed by atoms with Crippen LogP contribution >= 0.6 is 11.3 Å². The molecule has 1 fully saturated rings. The number of rotatable bonds is 4. The number of benzene rings is 1. The summed E-state index contributed by atoms with van der Waals surface area (Å²) < 4.78 is 1.78. The number of thiophene rings is 1. The fourth-order valence-corrected chi connectivity index (χ4v) is 5.31. The maximum atomic E-state index is 13.6. The van der Waals surface area contributed by atoms with Crippen LogP contribution in [0.25, 0.3) is 21.6 Å². The number of piperidine rings is 1. The summed E-state index contributed by atoms with van der Waals surface area (Å²) in [6, 6.07) is 16.7. The van der Waals surface area contributed by atoms with Crippen LogP contribution in [-0.4, -0.2) is 38.7 Å². The van der Waals surface area contributed by atoms with E-state index in [4.69, 9.17) is 4.98 Å². The molecule has 0 N–H and O–H groups in total. The molecule has 1 saturated heterocycles. The lowest BCUT2D eigenvalue weighted by Crippen LogP contribution is -2.39. The lowest BCUT2D eigenvalue weighted by Gasteiger charge is -2.32. The van der Waals surface area contributed by atoms with Crippen molar-refractivity contribution >= 4 is 28.3 Å². The maximum absolute atomic E-state index is 13.6. The van der Waals surface area contributed by atoms with Gasteiger partial charge in [-0.25, -0.2) is 4.98 Å². The van der Waals surface area contributed by atoms with E-state index < -0.39 is 0 Å². The van der Waals surface area contributed by atoms with Crippen LogP contribution < -0.4 is 0 Å². The summed E-state index contributed by atoms with van der Waals surface area (Å²) in [4.78, 5) is 21.5. The van der Waals surface area contributed by atoms with E-state index >= 15 is 0 Å². The molecule has 1 aromatic carbocycles. The molecule has 4 aromatic rings. The van der Waals surface area contributed by atoms with Crippen molar-refractivity contribution in [3.8, 4) is 10.6 Å². The molecule has 31 heavy (non-hydrogen) atoms. The minimum atomic E-state index is 0.0967. The first-order valence-corrected chi connectivity index (χ1v) is 11.7. The van der Waals surface area contributed by atoms with Crippen LogP contribution in [0.4, 0.5) is 0 Å². The zero-order valence-electron chi connectivity index (χ0n) is 17.9. The minimum absolute atomic E-state index is 0.0967. The summed E-state index contributed by atoms with van der Waals surface area (Å²) in [6.07, 6.45) is 3.17. The highest BCUT2D eigenvalue weighted by atomic mass is 32.1. The first kappa shape index (κ1) is 19.9. The van der Waals surface area contributed by atoms with Crippen LogP contribution in [0, 0.1) is 12.8 Å². The average Bonchev–Trinajstić information content (AvgIpc) is 3.43. The van der Waals surface area contributed by atoms with Gasteiger partial charge in [-0.2, -0.15) is 5.10 Å². The van der Waals surface area contributed by atoms with Crippen molar-refractivity contribution in [1.82, 2.24) is 19.7 Å².